The molecule has 4 heterocycles. The molecular formula is C42H29N2O2P. The molecule has 224 valence electrons. The molecule has 0 radical (unpaired) electrons. The summed E-state index contributed by atoms with van der Waals surface area (Å²) >= 11 is 0. The fraction of sp³-hybridized carbons (Fsp3) is 0.0476. The van der Waals surface area contributed by atoms with Crippen molar-refractivity contribution in [1.29, 1.82) is 0 Å². The average Bonchev–Trinajstić information content (AvgIpc) is 3.11. The maximum atomic E-state index is 6.58. The summed E-state index contributed by atoms with van der Waals surface area (Å²) in [5.74, 6) is 3.56. The van der Waals surface area contributed by atoms with Gasteiger partial charge in [-0.05, 0) is 107 Å². The number of ether oxygens (including phenoxy) is 2. The molecule has 47 heavy (non-hydrogen) atoms. The van der Waals surface area contributed by atoms with E-state index in [0.29, 0.717) is 0 Å². The van der Waals surface area contributed by atoms with E-state index in [1.54, 1.807) is 0 Å². The SMILES string of the molecule is Cc1cncc(-c2ccc(-c3ccc4c(c3)Oc3cccc5c3P4c3ccc(-c4ccc(-c6cncc(C)c6)cc4)cc3O5)cc2)c1. The van der Waals surface area contributed by atoms with Crippen molar-refractivity contribution in [3.63, 3.8) is 0 Å². The van der Waals surface area contributed by atoms with E-state index >= 15 is 0 Å². The minimum absolute atomic E-state index is 0.855. The number of rotatable bonds is 4. The first-order valence-electron chi connectivity index (χ1n) is 15.7. The second kappa shape index (κ2) is 11.0. The molecule has 2 aliphatic heterocycles. The van der Waals surface area contributed by atoms with Gasteiger partial charge in [0.15, 0.2) is 0 Å². The van der Waals surface area contributed by atoms with Crippen LogP contribution >= 0.6 is 7.92 Å². The van der Waals surface area contributed by atoms with Gasteiger partial charge in [-0.15, -0.1) is 0 Å². The van der Waals surface area contributed by atoms with Gasteiger partial charge in [0, 0.05) is 54.4 Å². The van der Waals surface area contributed by atoms with Crippen LogP contribution < -0.4 is 25.4 Å². The Kier molecular flexibility index (Phi) is 6.51. The summed E-state index contributed by atoms with van der Waals surface area (Å²) in [7, 11) is -0.855. The number of aromatic nitrogens is 2. The van der Waals surface area contributed by atoms with Crippen molar-refractivity contribution >= 4 is 23.8 Å². The molecule has 0 saturated heterocycles. The summed E-state index contributed by atoms with van der Waals surface area (Å²) in [4.78, 5) is 8.72. The highest BCUT2D eigenvalue weighted by Crippen LogP contribution is 2.53. The van der Waals surface area contributed by atoms with Crippen molar-refractivity contribution in [2.24, 2.45) is 0 Å². The lowest BCUT2D eigenvalue weighted by Crippen LogP contribution is -2.31. The van der Waals surface area contributed by atoms with E-state index in [4.69, 9.17) is 9.47 Å². The molecule has 0 saturated carbocycles. The second-order valence-corrected chi connectivity index (χ2v) is 14.2. The van der Waals surface area contributed by atoms with Gasteiger partial charge < -0.3 is 9.47 Å². The van der Waals surface area contributed by atoms with E-state index in [1.807, 2.05) is 30.9 Å². The highest BCUT2D eigenvalue weighted by Gasteiger charge is 2.37. The number of benzene rings is 5. The summed E-state index contributed by atoms with van der Waals surface area (Å²) in [6.45, 7) is 4.14. The molecular weight excluding hydrogens is 595 g/mol. The molecule has 0 fully saturated rings. The van der Waals surface area contributed by atoms with E-state index in [0.717, 1.165) is 83.9 Å². The monoisotopic (exact) mass is 624 g/mol. The van der Waals surface area contributed by atoms with Crippen molar-refractivity contribution in [2.75, 3.05) is 0 Å². The van der Waals surface area contributed by atoms with E-state index in [9.17, 15) is 0 Å². The van der Waals surface area contributed by atoms with Crippen LogP contribution in [0.5, 0.6) is 23.0 Å². The van der Waals surface area contributed by atoms with Crippen LogP contribution in [-0.2, 0) is 0 Å². The smallest absolute Gasteiger partial charge is 0.139 e. The zero-order valence-corrected chi connectivity index (χ0v) is 26.8. The quantitative estimate of drug-likeness (QED) is 0.183. The second-order valence-electron chi connectivity index (χ2n) is 12.2. The molecule has 0 amide bonds. The highest BCUT2D eigenvalue weighted by molar-refractivity contribution is 7.80. The molecule has 5 heteroatoms. The Morgan fingerprint density at radius 3 is 1.23 bits per heavy atom. The molecule has 2 aromatic heterocycles. The van der Waals surface area contributed by atoms with Gasteiger partial charge in [0.2, 0.25) is 0 Å². The molecule has 9 rings (SSSR count). The highest BCUT2D eigenvalue weighted by atomic mass is 31.1. The zero-order chi connectivity index (χ0) is 31.5. The van der Waals surface area contributed by atoms with E-state index in [2.05, 4.69) is 133 Å². The first-order chi connectivity index (χ1) is 23.1. The normalized spacial score (nSPS) is 12.7. The maximum Gasteiger partial charge on any atom is 0.139 e. The maximum absolute atomic E-state index is 6.58. The first kappa shape index (κ1) is 27.7. The largest absolute Gasteiger partial charge is 0.456 e. The summed E-state index contributed by atoms with van der Waals surface area (Å²) in [6.07, 6.45) is 7.59. The third kappa shape index (κ3) is 4.90. The molecule has 0 N–H and O–H groups in total. The van der Waals surface area contributed by atoms with E-state index < -0.39 is 7.92 Å². The van der Waals surface area contributed by atoms with Crippen LogP contribution in [0, 0.1) is 13.8 Å². The Morgan fingerprint density at radius 2 is 0.809 bits per heavy atom. The number of pyridine rings is 2. The minimum Gasteiger partial charge on any atom is -0.456 e. The lowest BCUT2D eigenvalue weighted by atomic mass is 10.0. The Morgan fingerprint density at radius 1 is 0.404 bits per heavy atom. The van der Waals surface area contributed by atoms with Crippen LogP contribution in [0.2, 0.25) is 0 Å². The molecule has 0 spiro atoms. The summed E-state index contributed by atoms with van der Waals surface area (Å²) < 4.78 is 13.2. The Labute approximate surface area is 275 Å². The van der Waals surface area contributed by atoms with Crippen LogP contribution in [0.3, 0.4) is 0 Å². The number of fused-ring (bicyclic) bond motifs is 4. The van der Waals surface area contributed by atoms with Gasteiger partial charge in [-0.3, -0.25) is 9.97 Å². The molecule has 0 atom stereocenters. The summed E-state index contributed by atoms with van der Waals surface area (Å²) in [6, 6.07) is 41.1. The first-order valence-corrected chi connectivity index (χ1v) is 17.0. The van der Waals surface area contributed by atoms with Gasteiger partial charge in [0.1, 0.15) is 23.0 Å². The van der Waals surface area contributed by atoms with Crippen LogP contribution in [-0.4, -0.2) is 9.97 Å². The molecule has 0 bridgehead atoms. The number of aryl methyl sites for hydroxylation is 2. The fourth-order valence-corrected chi connectivity index (χ4v) is 9.08. The number of nitrogens with zero attached hydrogens (tertiary/aromatic N) is 2. The van der Waals surface area contributed by atoms with Gasteiger partial charge in [0.05, 0.1) is 5.30 Å². The third-order valence-corrected chi connectivity index (χ3v) is 11.5. The average molecular weight is 625 g/mol. The van der Waals surface area contributed by atoms with Gasteiger partial charge in [-0.1, -0.05) is 66.7 Å². The molecule has 2 aliphatic rings. The molecule has 0 unspecified atom stereocenters. The number of hydrogen-bond donors (Lipinski definition) is 0. The van der Waals surface area contributed by atoms with Gasteiger partial charge in [-0.25, -0.2) is 0 Å². The lowest BCUT2D eigenvalue weighted by Gasteiger charge is -2.34. The van der Waals surface area contributed by atoms with E-state index in [1.165, 1.54) is 10.6 Å². The third-order valence-electron chi connectivity index (χ3n) is 8.88. The molecule has 0 aliphatic carbocycles. The Balaban J connectivity index is 1.06. The number of hydrogen-bond acceptors (Lipinski definition) is 4. The molecule has 4 nitrogen and oxygen atoms in total. The van der Waals surface area contributed by atoms with Crippen LogP contribution in [0.25, 0.3) is 44.5 Å². The zero-order valence-electron chi connectivity index (χ0n) is 25.9. The predicted octanol–water partition coefficient (Wildman–Crippen LogP) is 9.73. The van der Waals surface area contributed by atoms with Crippen molar-refractivity contribution in [3.05, 3.63) is 151 Å². The van der Waals surface area contributed by atoms with Crippen molar-refractivity contribution < 1.29 is 9.47 Å². The summed E-state index contributed by atoms with van der Waals surface area (Å²) in [5.41, 5.74) is 11.4. The Bertz CT molecular complexity index is 2170. The van der Waals surface area contributed by atoms with Crippen LogP contribution in [0.4, 0.5) is 0 Å². The lowest BCUT2D eigenvalue weighted by molar-refractivity contribution is 0.467. The van der Waals surface area contributed by atoms with Gasteiger partial charge in [-0.2, -0.15) is 0 Å². The molecule has 5 aromatic carbocycles. The van der Waals surface area contributed by atoms with Gasteiger partial charge >= 0.3 is 0 Å². The van der Waals surface area contributed by atoms with Crippen molar-refractivity contribution in [3.8, 4) is 67.5 Å². The predicted molar refractivity (Wildman–Crippen MR) is 192 cm³/mol. The minimum atomic E-state index is -0.855. The van der Waals surface area contributed by atoms with Crippen molar-refractivity contribution in [2.45, 2.75) is 13.8 Å². The standard InChI is InChI=1S/C42H29N2O2P/c1-26-18-34(24-43-22-26)30-10-6-28(7-11-30)32-14-16-40-38(20-32)45-36-4-3-5-37-42(36)47(40)41-17-15-33(21-39(41)46-37)29-8-12-31(13-9-29)35-19-27(2)23-44-25-35/h3-25H,1-2H3. The Hall–Kier alpha value is -5.57. The van der Waals surface area contributed by atoms with Crippen LogP contribution in [0.1, 0.15) is 11.1 Å². The van der Waals surface area contributed by atoms with Crippen molar-refractivity contribution in [1.82, 2.24) is 9.97 Å². The van der Waals surface area contributed by atoms with E-state index in [-0.39, 0.29) is 0 Å². The molecule has 7 aromatic rings. The van der Waals surface area contributed by atoms with Gasteiger partial charge in [0.25, 0.3) is 0 Å². The van der Waals surface area contributed by atoms with Crippen LogP contribution in [0.15, 0.2) is 140 Å². The fourth-order valence-electron chi connectivity index (χ4n) is 6.55. The topological polar surface area (TPSA) is 44.2 Å². The summed E-state index contributed by atoms with van der Waals surface area (Å²) in [5, 5.41) is 3.56.